The molecule has 0 aromatic heterocycles. The Hall–Kier alpha value is -1.10. The van der Waals surface area contributed by atoms with E-state index in [1.807, 2.05) is 31.2 Å². The summed E-state index contributed by atoms with van der Waals surface area (Å²) in [7, 11) is 0. The largest absolute Gasteiger partial charge is 0.399 e. The van der Waals surface area contributed by atoms with Gasteiger partial charge in [-0.3, -0.25) is 0 Å². The van der Waals surface area contributed by atoms with Gasteiger partial charge in [-0.15, -0.1) is 0 Å². The zero-order valence-electron chi connectivity index (χ0n) is 10.8. The zero-order valence-corrected chi connectivity index (χ0v) is 10.8. The molecule has 1 atom stereocenters. The molecule has 18 heavy (non-hydrogen) atoms. The molecule has 1 aromatic carbocycles. The summed E-state index contributed by atoms with van der Waals surface area (Å²) in [6.45, 7) is 4.12. The summed E-state index contributed by atoms with van der Waals surface area (Å²) in [5.41, 5.74) is 6.69. The number of nitrogen functional groups attached to an aromatic ring is 1. The number of hydrogen-bond donors (Lipinski definition) is 3. The van der Waals surface area contributed by atoms with Crippen molar-refractivity contribution in [1.29, 1.82) is 0 Å². The van der Waals surface area contributed by atoms with Crippen molar-refractivity contribution in [2.45, 2.75) is 31.5 Å². The Morgan fingerprint density at radius 3 is 2.67 bits per heavy atom. The Morgan fingerprint density at radius 2 is 2.06 bits per heavy atom. The van der Waals surface area contributed by atoms with E-state index in [4.69, 9.17) is 5.73 Å². The third kappa shape index (κ3) is 3.45. The second-order valence-corrected chi connectivity index (χ2v) is 5.48. The molecule has 1 unspecified atom stereocenters. The van der Waals surface area contributed by atoms with Gasteiger partial charge >= 0.3 is 0 Å². The highest BCUT2D eigenvalue weighted by Gasteiger charge is 2.28. The Labute approximate surface area is 108 Å². The summed E-state index contributed by atoms with van der Waals surface area (Å²) >= 11 is 0. The van der Waals surface area contributed by atoms with Crippen LogP contribution >= 0.6 is 0 Å². The molecule has 1 fully saturated rings. The van der Waals surface area contributed by atoms with E-state index in [1.54, 1.807) is 0 Å². The van der Waals surface area contributed by atoms with Crippen LogP contribution in [-0.4, -0.2) is 40.3 Å². The molecule has 1 aliphatic rings. The van der Waals surface area contributed by atoms with Crippen molar-refractivity contribution in [3.8, 4) is 0 Å². The molecule has 4 N–H and O–H groups in total. The van der Waals surface area contributed by atoms with Crippen LogP contribution in [0.2, 0.25) is 0 Å². The van der Waals surface area contributed by atoms with Crippen molar-refractivity contribution >= 4 is 5.69 Å². The number of aliphatic hydroxyl groups excluding tert-OH is 1. The average molecular weight is 250 g/mol. The van der Waals surface area contributed by atoms with Gasteiger partial charge in [-0.2, -0.15) is 0 Å². The molecule has 1 saturated heterocycles. The first-order valence-corrected chi connectivity index (χ1v) is 6.44. The van der Waals surface area contributed by atoms with Gasteiger partial charge in [0.15, 0.2) is 0 Å². The van der Waals surface area contributed by atoms with Gasteiger partial charge in [-0.1, -0.05) is 12.1 Å². The topological polar surface area (TPSA) is 69.7 Å². The molecule has 4 heteroatoms. The first-order valence-electron chi connectivity index (χ1n) is 6.44. The fraction of sp³-hybridized carbons (Fsp3) is 0.571. The lowest BCUT2D eigenvalue weighted by atomic mass is 9.93. The van der Waals surface area contributed by atoms with Crippen molar-refractivity contribution in [3.63, 3.8) is 0 Å². The van der Waals surface area contributed by atoms with Crippen LogP contribution in [0.5, 0.6) is 0 Å². The Kier molecular flexibility index (Phi) is 3.90. The summed E-state index contributed by atoms with van der Waals surface area (Å²) in [6.07, 6.45) is 1.00. The molecular formula is C14H22N2O2. The Balaban J connectivity index is 1.90. The Morgan fingerprint density at radius 1 is 1.39 bits per heavy atom. The minimum atomic E-state index is -0.543. The van der Waals surface area contributed by atoms with Crippen LogP contribution < -0.4 is 5.73 Å². The quantitative estimate of drug-likeness (QED) is 0.704. The van der Waals surface area contributed by atoms with Gasteiger partial charge in [-0.25, -0.2) is 0 Å². The maximum Gasteiger partial charge on any atom is 0.0917 e. The molecule has 0 bridgehead atoms. The second kappa shape index (κ2) is 5.26. The maximum absolute atomic E-state index is 10.2. The first-order chi connectivity index (χ1) is 8.46. The van der Waals surface area contributed by atoms with Gasteiger partial charge in [0.2, 0.25) is 0 Å². The molecule has 0 amide bonds. The number of nitrogens with two attached hydrogens (primary N) is 1. The molecule has 100 valence electrons. The van der Waals surface area contributed by atoms with E-state index in [0.29, 0.717) is 12.2 Å². The molecule has 1 aromatic rings. The summed E-state index contributed by atoms with van der Waals surface area (Å²) < 4.78 is 0. The number of rotatable bonds is 3. The number of nitrogens with zero attached hydrogens (tertiary/aromatic N) is 1. The molecule has 0 aliphatic carbocycles. The van der Waals surface area contributed by atoms with Gasteiger partial charge in [0.25, 0.3) is 0 Å². The van der Waals surface area contributed by atoms with Crippen LogP contribution in [-0.2, 0) is 0 Å². The van der Waals surface area contributed by atoms with E-state index in [-0.39, 0.29) is 0 Å². The number of anilines is 1. The zero-order chi connectivity index (χ0) is 13.2. The van der Waals surface area contributed by atoms with Crippen LogP contribution in [0, 0.1) is 0 Å². The number of likely N-dealkylation sites (tertiary alicyclic amines) is 1. The van der Waals surface area contributed by atoms with E-state index < -0.39 is 11.7 Å². The highest BCUT2D eigenvalue weighted by Crippen LogP contribution is 2.23. The van der Waals surface area contributed by atoms with Gasteiger partial charge in [0.1, 0.15) is 0 Å². The number of β-amino-alcohol motifs (C(OH)–C–C–N with tert-alkyl or cyclic N) is 1. The number of benzene rings is 1. The van der Waals surface area contributed by atoms with Gasteiger partial charge in [0.05, 0.1) is 11.7 Å². The molecular weight excluding hydrogens is 228 g/mol. The highest BCUT2D eigenvalue weighted by molar-refractivity contribution is 5.41. The van der Waals surface area contributed by atoms with Crippen LogP contribution in [0.4, 0.5) is 5.69 Å². The van der Waals surface area contributed by atoms with Crippen molar-refractivity contribution < 1.29 is 10.2 Å². The Bertz CT molecular complexity index is 397. The summed E-state index contributed by atoms with van der Waals surface area (Å²) in [6, 6.07) is 7.37. The van der Waals surface area contributed by atoms with E-state index in [2.05, 4.69) is 4.90 Å². The minimum absolute atomic E-state index is 0.517. The second-order valence-electron chi connectivity index (χ2n) is 5.48. The van der Waals surface area contributed by atoms with Crippen LogP contribution in [0.3, 0.4) is 0 Å². The molecule has 1 heterocycles. The monoisotopic (exact) mass is 250 g/mol. The maximum atomic E-state index is 10.2. The molecule has 0 radical (unpaired) electrons. The highest BCUT2D eigenvalue weighted by atomic mass is 16.3. The lowest BCUT2D eigenvalue weighted by Gasteiger charge is -2.36. The summed E-state index contributed by atoms with van der Waals surface area (Å²) in [5, 5.41) is 20.0. The first kappa shape index (κ1) is 13.3. The van der Waals surface area contributed by atoms with E-state index in [9.17, 15) is 10.2 Å². The van der Waals surface area contributed by atoms with Gasteiger partial charge in [-0.05, 0) is 37.5 Å². The average Bonchev–Trinajstić information content (AvgIpc) is 2.32. The smallest absolute Gasteiger partial charge is 0.0917 e. The predicted octanol–water partition coefficient (Wildman–Crippen LogP) is 1.15. The molecule has 4 nitrogen and oxygen atoms in total. The van der Waals surface area contributed by atoms with Crippen LogP contribution in [0.25, 0.3) is 0 Å². The van der Waals surface area contributed by atoms with Crippen molar-refractivity contribution in [2.24, 2.45) is 0 Å². The summed E-state index contributed by atoms with van der Waals surface area (Å²) in [5.74, 6) is 0. The van der Waals surface area contributed by atoms with E-state index in [0.717, 1.165) is 31.5 Å². The third-order valence-electron chi connectivity index (χ3n) is 3.66. The van der Waals surface area contributed by atoms with Crippen molar-refractivity contribution in [3.05, 3.63) is 29.8 Å². The van der Waals surface area contributed by atoms with Gasteiger partial charge < -0.3 is 20.8 Å². The molecule has 0 saturated carbocycles. The molecule has 0 spiro atoms. The number of hydrogen-bond acceptors (Lipinski definition) is 4. The van der Waals surface area contributed by atoms with Crippen molar-refractivity contribution in [2.75, 3.05) is 25.4 Å². The number of piperidine rings is 1. The lowest BCUT2D eigenvalue weighted by molar-refractivity contribution is -0.0161. The lowest BCUT2D eigenvalue weighted by Crippen LogP contribution is -2.43. The summed E-state index contributed by atoms with van der Waals surface area (Å²) in [4.78, 5) is 2.19. The van der Waals surface area contributed by atoms with Crippen LogP contribution in [0.15, 0.2) is 24.3 Å². The minimum Gasteiger partial charge on any atom is -0.399 e. The number of aliphatic hydroxyl groups is 2. The fourth-order valence-corrected chi connectivity index (χ4v) is 2.33. The predicted molar refractivity (Wildman–Crippen MR) is 72.1 cm³/mol. The normalized spacial score (nSPS) is 21.7. The standard InChI is InChI=1S/C14H22N2O2/c1-14(18)5-7-16(8-6-14)10-13(17)11-3-2-4-12(15)9-11/h2-4,9,13,17-18H,5-8,10,15H2,1H3. The van der Waals surface area contributed by atoms with E-state index in [1.165, 1.54) is 0 Å². The van der Waals surface area contributed by atoms with Gasteiger partial charge in [0, 0.05) is 25.3 Å². The third-order valence-corrected chi connectivity index (χ3v) is 3.66. The fourth-order valence-electron chi connectivity index (χ4n) is 2.33. The van der Waals surface area contributed by atoms with Crippen molar-refractivity contribution in [1.82, 2.24) is 4.90 Å². The van der Waals surface area contributed by atoms with E-state index >= 15 is 0 Å². The SMILES string of the molecule is CC1(O)CCN(CC(O)c2cccc(N)c2)CC1. The van der Waals surface area contributed by atoms with Crippen LogP contribution in [0.1, 0.15) is 31.4 Å². The molecule has 1 aliphatic heterocycles. The molecule has 2 rings (SSSR count).